The van der Waals surface area contributed by atoms with Crippen molar-refractivity contribution in [3.8, 4) is 0 Å². The van der Waals surface area contributed by atoms with Crippen LogP contribution >= 0.6 is 0 Å². The van der Waals surface area contributed by atoms with Crippen LogP contribution in [0.3, 0.4) is 0 Å². The maximum absolute atomic E-state index is 13.6. The van der Waals surface area contributed by atoms with Crippen molar-refractivity contribution < 1.29 is 28.2 Å². The Morgan fingerprint density at radius 1 is 0.771 bits per heavy atom. The fourth-order valence-corrected chi connectivity index (χ4v) is 3.47. The molecule has 7 nitrogen and oxygen atoms in total. The summed E-state index contributed by atoms with van der Waals surface area (Å²) in [6, 6.07) is 21.9. The minimum atomic E-state index is -1.07. The van der Waals surface area contributed by atoms with E-state index in [-0.39, 0.29) is 19.4 Å². The summed E-state index contributed by atoms with van der Waals surface area (Å²) in [6.07, 6.45) is -0.585. The number of carbonyl (C=O) groups excluding carboxylic acids is 3. The van der Waals surface area contributed by atoms with Crippen molar-refractivity contribution in [2.75, 3.05) is 7.11 Å². The molecule has 0 unspecified atom stereocenters. The van der Waals surface area contributed by atoms with Gasteiger partial charge in [-0.15, -0.1) is 0 Å². The van der Waals surface area contributed by atoms with Gasteiger partial charge in [-0.3, -0.25) is 4.79 Å². The normalized spacial score (nSPS) is 12.2. The summed E-state index contributed by atoms with van der Waals surface area (Å²) >= 11 is 0. The van der Waals surface area contributed by atoms with Crippen LogP contribution in [-0.4, -0.2) is 37.2 Å². The van der Waals surface area contributed by atoms with Crippen LogP contribution in [0.25, 0.3) is 0 Å². The van der Waals surface area contributed by atoms with Crippen LogP contribution in [-0.2, 0) is 38.5 Å². The van der Waals surface area contributed by atoms with Gasteiger partial charge in [-0.05, 0) is 28.8 Å². The van der Waals surface area contributed by atoms with Crippen molar-refractivity contribution in [1.82, 2.24) is 10.6 Å². The standard InChI is InChI=1S/C27H27FN2O5/c1-34-26(32)24(17-21-13-8-14-22(28)15-21)29-25(31)23(16-19-9-4-2-5-10-19)30-27(33)35-18-20-11-6-3-7-12-20/h2-15,23-24H,16-18H2,1H3,(H,29,31)(H,30,33)/t23-,24-/m0/s1. The van der Waals surface area contributed by atoms with E-state index in [0.29, 0.717) is 5.56 Å². The second kappa shape index (κ2) is 12.9. The average Bonchev–Trinajstić information content (AvgIpc) is 2.87. The zero-order chi connectivity index (χ0) is 25.0. The first-order chi connectivity index (χ1) is 16.9. The van der Waals surface area contributed by atoms with Gasteiger partial charge in [-0.25, -0.2) is 14.0 Å². The number of benzene rings is 3. The minimum absolute atomic E-state index is 0.0205. The zero-order valence-corrected chi connectivity index (χ0v) is 19.3. The first kappa shape index (κ1) is 25.4. The third kappa shape index (κ3) is 8.26. The van der Waals surface area contributed by atoms with Gasteiger partial charge in [0.25, 0.3) is 0 Å². The minimum Gasteiger partial charge on any atom is -0.467 e. The molecule has 0 spiro atoms. The number of esters is 1. The number of alkyl carbamates (subject to hydrolysis) is 1. The van der Waals surface area contributed by atoms with Gasteiger partial charge < -0.3 is 20.1 Å². The van der Waals surface area contributed by atoms with E-state index in [4.69, 9.17) is 9.47 Å². The Balaban J connectivity index is 1.71. The molecule has 2 N–H and O–H groups in total. The predicted molar refractivity (Wildman–Crippen MR) is 128 cm³/mol. The number of methoxy groups -OCH3 is 1. The van der Waals surface area contributed by atoms with E-state index in [0.717, 1.165) is 11.1 Å². The quantitative estimate of drug-likeness (QED) is 0.435. The number of hydrogen-bond acceptors (Lipinski definition) is 5. The number of ether oxygens (including phenoxy) is 2. The maximum atomic E-state index is 13.6. The number of nitrogens with one attached hydrogen (secondary N) is 2. The number of halogens is 1. The molecule has 2 atom stereocenters. The van der Waals surface area contributed by atoms with Crippen molar-refractivity contribution in [2.24, 2.45) is 0 Å². The summed E-state index contributed by atoms with van der Waals surface area (Å²) in [5, 5.41) is 5.21. The van der Waals surface area contributed by atoms with Crippen LogP contribution < -0.4 is 10.6 Å². The molecule has 0 aliphatic heterocycles. The van der Waals surface area contributed by atoms with Crippen molar-refractivity contribution in [2.45, 2.75) is 31.5 Å². The summed E-state index contributed by atoms with van der Waals surface area (Å²) < 4.78 is 23.7. The van der Waals surface area contributed by atoms with Crippen LogP contribution in [0, 0.1) is 5.82 Å². The molecule has 0 saturated heterocycles. The highest BCUT2D eigenvalue weighted by atomic mass is 19.1. The largest absolute Gasteiger partial charge is 0.467 e. The Hall–Kier alpha value is -4.20. The van der Waals surface area contributed by atoms with Gasteiger partial charge in [-0.1, -0.05) is 72.8 Å². The molecule has 0 aliphatic carbocycles. The van der Waals surface area contributed by atoms with E-state index in [1.54, 1.807) is 6.07 Å². The Kier molecular flexibility index (Phi) is 9.36. The highest BCUT2D eigenvalue weighted by Crippen LogP contribution is 2.10. The van der Waals surface area contributed by atoms with Gasteiger partial charge in [0, 0.05) is 12.8 Å². The molecular formula is C27H27FN2O5. The summed E-state index contributed by atoms with van der Waals surface area (Å²) in [6.45, 7) is 0.0384. The molecule has 0 radical (unpaired) electrons. The molecule has 0 fully saturated rings. The maximum Gasteiger partial charge on any atom is 0.408 e. The van der Waals surface area contributed by atoms with Gasteiger partial charge in [0.15, 0.2) is 0 Å². The van der Waals surface area contributed by atoms with E-state index in [9.17, 15) is 18.8 Å². The molecule has 3 aromatic carbocycles. The molecule has 8 heteroatoms. The molecule has 0 aliphatic rings. The van der Waals surface area contributed by atoms with E-state index >= 15 is 0 Å². The van der Waals surface area contributed by atoms with E-state index in [1.807, 2.05) is 60.7 Å². The lowest BCUT2D eigenvalue weighted by atomic mass is 10.0. The summed E-state index contributed by atoms with van der Waals surface area (Å²) in [5.74, 6) is -1.74. The average molecular weight is 479 g/mol. The number of carbonyl (C=O) groups is 3. The molecule has 182 valence electrons. The van der Waals surface area contributed by atoms with Gasteiger partial charge in [0.2, 0.25) is 5.91 Å². The second-order valence-electron chi connectivity index (χ2n) is 7.87. The third-order valence-corrected chi connectivity index (χ3v) is 5.24. The molecular weight excluding hydrogens is 451 g/mol. The Bertz CT molecular complexity index is 1120. The molecule has 3 rings (SSSR count). The summed E-state index contributed by atoms with van der Waals surface area (Å²) in [4.78, 5) is 38.0. The zero-order valence-electron chi connectivity index (χ0n) is 19.3. The van der Waals surface area contributed by atoms with Crippen molar-refractivity contribution in [1.29, 1.82) is 0 Å². The predicted octanol–water partition coefficient (Wildman–Crippen LogP) is 3.56. The molecule has 35 heavy (non-hydrogen) atoms. The number of amides is 2. The van der Waals surface area contributed by atoms with Crippen LogP contribution in [0.5, 0.6) is 0 Å². The SMILES string of the molecule is COC(=O)[C@H](Cc1cccc(F)c1)NC(=O)[C@H](Cc1ccccc1)NC(=O)OCc1ccccc1. The fraction of sp³-hybridized carbons (Fsp3) is 0.222. The Morgan fingerprint density at radius 2 is 1.37 bits per heavy atom. The molecule has 0 aromatic heterocycles. The first-order valence-electron chi connectivity index (χ1n) is 11.1. The van der Waals surface area contributed by atoms with Crippen molar-refractivity contribution >= 4 is 18.0 Å². The highest BCUT2D eigenvalue weighted by Gasteiger charge is 2.28. The lowest BCUT2D eigenvalue weighted by molar-refractivity contribution is -0.145. The Labute approximate surface area is 203 Å². The van der Waals surface area contributed by atoms with Crippen LogP contribution in [0.15, 0.2) is 84.9 Å². The van der Waals surface area contributed by atoms with Crippen LogP contribution in [0.1, 0.15) is 16.7 Å². The topological polar surface area (TPSA) is 93.7 Å². The highest BCUT2D eigenvalue weighted by molar-refractivity contribution is 5.90. The second-order valence-corrected chi connectivity index (χ2v) is 7.87. The van der Waals surface area contributed by atoms with E-state index in [2.05, 4.69) is 10.6 Å². The molecule has 3 aromatic rings. The van der Waals surface area contributed by atoms with Gasteiger partial charge in [-0.2, -0.15) is 0 Å². The monoisotopic (exact) mass is 478 g/mol. The van der Waals surface area contributed by atoms with Gasteiger partial charge >= 0.3 is 12.1 Å². The first-order valence-corrected chi connectivity index (χ1v) is 11.1. The van der Waals surface area contributed by atoms with Gasteiger partial charge in [0.1, 0.15) is 24.5 Å². The third-order valence-electron chi connectivity index (χ3n) is 5.24. The van der Waals surface area contributed by atoms with Crippen LogP contribution in [0.2, 0.25) is 0 Å². The lowest BCUT2D eigenvalue weighted by Gasteiger charge is -2.22. The molecule has 0 bridgehead atoms. The molecule has 2 amide bonds. The number of rotatable bonds is 10. The smallest absolute Gasteiger partial charge is 0.408 e. The number of hydrogen-bond donors (Lipinski definition) is 2. The lowest BCUT2D eigenvalue weighted by Crippen LogP contribution is -2.53. The van der Waals surface area contributed by atoms with Crippen LogP contribution in [0.4, 0.5) is 9.18 Å². The van der Waals surface area contributed by atoms with Gasteiger partial charge in [0.05, 0.1) is 7.11 Å². The van der Waals surface area contributed by atoms with E-state index in [1.165, 1.54) is 25.3 Å². The Morgan fingerprint density at radius 3 is 2.00 bits per heavy atom. The molecule has 0 heterocycles. The molecule has 0 saturated carbocycles. The van der Waals surface area contributed by atoms with Crippen molar-refractivity contribution in [3.05, 3.63) is 107 Å². The summed E-state index contributed by atoms with van der Waals surface area (Å²) in [5.41, 5.74) is 2.11. The van der Waals surface area contributed by atoms with Crippen molar-refractivity contribution in [3.63, 3.8) is 0 Å². The fourth-order valence-electron chi connectivity index (χ4n) is 3.47. The van der Waals surface area contributed by atoms with E-state index < -0.39 is 35.9 Å². The summed E-state index contributed by atoms with van der Waals surface area (Å²) in [7, 11) is 1.20.